The molecule has 0 N–H and O–H groups in total. The van der Waals surface area contributed by atoms with E-state index in [1.165, 1.54) is 9.80 Å². The molecule has 4 aromatic rings. The van der Waals surface area contributed by atoms with Crippen molar-refractivity contribution in [2.75, 3.05) is 39.2 Å². The molecule has 3 aliphatic rings. The normalized spacial score (nSPS) is 20.0. The quantitative estimate of drug-likeness (QED) is 0.345. The van der Waals surface area contributed by atoms with Crippen molar-refractivity contribution in [2.45, 2.75) is 12.5 Å². The zero-order valence-corrected chi connectivity index (χ0v) is 21.9. The maximum absolute atomic E-state index is 14.8. The van der Waals surface area contributed by atoms with Crippen LogP contribution < -0.4 is 19.6 Å². The lowest BCUT2D eigenvalue weighted by molar-refractivity contribution is -0.143. The Balaban J connectivity index is 1.44. The van der Waals surface area contributed by atoms with Gasteiger partial charge in [-0.25, -0.2) is 14.6 Å². The number of imide groups is 2. The molecule has 7 heteroatoms. The van der Waals surface area contributed by atoms with E-state index in [9.17, 15) is 14.4 Å². The Labute approximate surface area is 232 Å². The highest BCUT2D eigenvalue weighted by Gasteiger charge is 2.65. The molecule has 198 valence electrons. The van der Waals surface area contributed by atoms with Crippen LogP contribution in [0.1, 0.15) is 5.56 Å². The summed E-state index contributed by atoms with van der Waals surface area (Å²) < 4.78 is 0. The Morgan fingerprint density at radius 2 is 1.07 bits per heavy atom. The van der Waals surface area contributed by atoms with E-state index < -0.39 is 29.3 Å². The smallest absolute Gasteiger partial charge is 0.342 e. The fourth-order valence-electron chi connectivity index (χ4n) is 6.54. The van der Waals surface area contributed by atoms with Crippen LogP contribution in [0.2, 0.25) is 0 Å². The fourth-order valence-corrected chi connectivity index (χ4v) is 6.54. The lowest BCUT2D eigenvalue weighted by atomic mass is 9.67. The number of carbonyl (C=O) groups is 3. The molecule has 0 aliphatic carbocycles. The third-order valence-electron chi connectivity index (χ3n) is 8.42. The van der Waals surface area contributed by atoms with Crippen molar-refractivity contribution < 1.29 is 14.4 Å². The van der Waals surface area contributed by atoms with Crippen LogP contribution in [0.15, 0.2) is 115 Å². The first kappa shape index (κ1) is 24.2. The summed E-state index contributed by atoms with van der Waals surface area (Å²) >= 11 is 0. The summed E-state index contributed by atoms with van der Waals surface area (Å²) in [7, 11) is 0. The van der Waals surface area contributed by atoms with Crippen molar-refractivity contribution in [2.24, 2.45) is 5.41 Å². The number of hydrogen-bond acceptors (Lipinski definition) is 5. The number of anilines is 4. The topological polar surface area (TPSA) is 64.2 Å². The van der Waals surface area contributed by atoms with Gasteiger partial charge in [-0.15, -0.1) is 0 Å². The Bertz CT molecular complexity index is 1530. The number of barbiturate groups is 1. The number of hydrogen-bond donors (Lipinski definition) is 0. The average molecular weight is 529 g/mol. The second-order valence-corrected chi connectivity index (χ2v) is 10.5. The average Bonchev–Trinajstić information content (AvgIpc) is 3.01. The summed E-state index contributed by atoms with van der Waals surface area (Å²) in [5.41, 5.74) is 2.41. The molecule has 0 radical (unpaired) electrons. The Morgan fingerprint density at radius 3 is 1.65 bits per heavy atom. The number of rotatable bonds is 3. The van der Waals surface area contributed by atoms with Crippen molar-refractivity contribution in [1.82, 2.24) is 0 Å². The van der Waals surface area contributed by atoms with Crippen molar-refractivity contribution >= 4 is 40.6 Å². The molecule has 4 aromatic carbocycles. The summed E-state index contributed by atoms with van der Waals surface area (Å²) in [4.78, 5) is 50.6. The van der Waals surface area contributed by atoms with Crippen molar-refractivity contribution in [1.29, 1.82) is 0 Å². The Kier molecular flexibility index (Phi) is 5.66. The van der Waals surface area contributed by atoms with Crippen LogP contribution in [0, 0.1) is 5.41 Å². The molecule has 3 heterocycles. The number of urea groups is 1. The first-order valence-electron chi connectivity index (χ1n) is 13.6. The van der Waals surface area contributed by atoms with Gasteiger partial charge in [-0.2, -0.15) is 0 Å². The summed E-state index contributed by atoms with van der Waals surface area (Å²) in [6.07, 6.45) is 0.213. The highest BCUT2D eigenvalue weighted by molar-refractivity contribution is 6.39. The lowest BCUT2D eigenvalue weighted by Gasteiger charge is -2.57. The second-order valence-electron chi connectivity index (χ2n) is 10.5. The zero-order chi connectivity index (χ0) is 27.3. The third-order valence-corrected chi connectivity index (χ3v) is 8.42. The van der Waals surface area contributed by atoms with Gasteiger partial charge < -0.3 is 9.80 Å². The highest BCUT2D eigenvalue weighted by Crippen LogP contribution is 2.48. The number of amides is 4. The van der Waals surface area contributed by atoms with Crippen LogP contribution >= 0.6 is 0 Å². The van der Waals surface area contributed by atoms with Gasteiger partial charge in [0, 0.05) is 31.0 Å². The second kappa shape index (κ2) is 9.38. The van der Waals surface area contributed by atoms with Crippen LogP contribution in [0.5, 0.6) is 0 Å². The van der Waals surface area contributed by atoms with Crippen LogP contribution in [0.25, 0.3) is 0 Å². The molecule has 40 heavy (non-hydrogen) atoms. The molecule has 0 aromatic heterocycles. The molecule has 1 atom stereocenters. The monoisotopic (exact) mass is 528 g/mol. The molecular formula is C33H28N4O3. The van der Waals surface area contributed by atoms with Gasteiger partial charge in [-0.3, -0.25) is 9.59 Å². The van der Waals surface area contributed by atoms with Gasteiger partial charge in [-0.05, 0) is 54.4 Å². The SMILES string of the molecule is O=C1N(c2ccccc2)C(=O)C2(Cc3ccccc3N3CCN(c4ccccc4)C[C@@H]32)C(=O)N1c1ccccc1. The van der Waals surface area contributed by atoms with E-state index >= 15 is 0 Å². The van der Waals surface area contributed by atoms with E-state index in [2.05, 4.69) is 28.0 Å². The first-order valence-corrected chi connectivity index (χ1v) is 13.6. The van der Waals surface area contributed by atoms with Gasteiger partial charge in [0.1, 0.15) is 0 Å². The van der Waals surface area contributed by atoms with E-state index in [1.54, 1.807) is 48.5 Å². The zero-order valence-electron chi connectivity index (χ0n) is 21.9. The molecule has 0 unspecified atom stereocenters. The molecule has 3 aliphatic heterocycles. The number of fused-ring (bicyclic) bond motifs is 4. The van der Waals surface area contributed by atoms with Crippen LogP contribution in [-0.2, 0) is 16.0 Å². The molecule has 7 nitrogen and oxygen atoms in total. The summed E-state index contributed by atoms with van der Waals surface area (Å²) in [5.74, 6) is -0.944. The lowest BCUT2D eigenvalue weighted by Crippen LogP contribution is -2.76. The highest BCUT2D eigenvalue weighted by atomic mass is 16.2. The minimum Gasteiger partial charge on any atom is -0.368 e. The molecule has 0 bridgehead atoms. The number of para-hydroxylation sites is 4. The summed E-state index contributed by atoms with van der Waals surface area (Å²) in [5, 5.41) is 0. The molecule has 7 rings (SSSR count). The van der Waals surface area contributed by atoms with Crippen molar-refractivity contribution in [3.8, 4) is 0 Å². The molecule has 0 saturated carbocycles. The van der Waals surface area contributed by atoms with E-state index in [4.69, 9.17) is 0 Å². The van der Waals surface area contributed by atoms with Crippen LogP contribution in [-0.4, -0.2) is 43.5 Å². The maximum atomic E-state index is 14.8. The molecule has 2 fully saturated rings. The largest absolute Gasteiger partial charge is 0.368 e. The minimum absolute atomic E-state index is 0.213. The molecule has 2 saturated heterocycles. The van der Waals surface area contributed by atoms with Gasteiger partial charge in [-0.1, -0.05) is 72.8 Å². The summed E-state index contributed by atoms with van der Waals surface area (Å²) in [6.45, 7) is 1.86. The third kappa shape index (κ3) is 3.54. The number of piperazine rings is 1. The standard InChI is InChI=1S/C33H28N4O3/c38-30-33(31(39)37(27-17-8-3-9-18-27)32(40)36(30)26-15-6-2-7-16-26)22-24-12-10-11-19-28(24)35-21-20-34(23-29(33)35)25-13-4-1-5-14-25/h1-19,29H,20-23H2/t29-/m1/s1. The fraction of sp³-hybridized carbons (Fsp3) is 0.182. The van der Waals surface area contributed by atoms with Gasteiger partial charge >= 0.3 is 6.03 Å². The van der Waals surface area contributed by atoms with Crippen LogP contribution in [0.4, 0.5) is 27.5 Å². The Hall–Kier alpha value is -4.91. The number of benzene rings is 4. The van der Waals surface area contributed by atoms with E-state index in [1.807, 2.05) is 48.5 Å². The predicted octanol–water partition coefficient (Wildman–Crippen LogP) is 5.12. The molecular weight excluding hydrogens is 500 g/mol. The van der Waals surface area contributed by atoms with E-state index in [-0.39, 0.29) is 6.42 Å². The molecule has 4 amide bonds. The van der Waals surface area contributed by atoms with Crippen molar-refractivity contribution in [3.05, 3.63) is 121 Å². The van der Waals surface area contributed by atoms with Crippen LogP contribution in [0.3, 0.4) is 0 Å². The van der Waals surface area contributed by atoms with E-state index in [0.29, 0.717) is 24.5 Å². The maximum Gasteiger partial charge on any atom is 0.342 e. The molecule has 1 spiro atoms. The van der Waals surface area contributed by atoms with Gasteiger partial charge in [0.2, 0.25) is 0 Å². The van der Waals surface area contributed by atoms with Gasteiger partial charge in [0.05, 0.1) is 17.4 Å². The Morgan fingerprint density at radius 1 is 0.575 bits per heavy atom. The number of carbonyl (C=O) groups excluding carboxylic acids is 3. The first-order chi connectivity index (χ1) is 19.6. The number of nitrogens with zero attached hydrogens (tertiary/aromatic N) is 4. The summed E-state index contributed by atoms with van der Waals surface area (Å²) in [6, 6.07) is 34.8. The van der Waals surface area contributed by atoms with Gasteiger partial charge in [0.25, 0.3) is 11.8 Å². The van der Waals surface area contributed by atoms with Gasteiger partial charge in [0.15, 0.2) is 5.41 Å². The van der Waals surface area contributed by atoms with Crippen molar-refractivity contribution in [3.63, 3.8) is 0 Å². The van der Waals surface area contributed by atoms with E-state index in [0.717, 1.165) is 23.5 Å². The predicted molar refractivity (Wildman–Crippen MR) is 156 cm³/mol. The minimum atomic E-state index is -1.51.